The number of aromatic nitrogens is 1. The molecule has 28 heavy (non-hydrogen) atoms. The lowest BCUT2D eigenvalue weighted by atomic mass is 9.96. The molecule has 0 fully saturated rings. The first-order chi connectivity index (χ1) is 13.9. The van der Waals surface area contributed by atoms with Crippen molar-refractivity contribution in [3.63, 3.8) is 0 Å². The number of fused-ring (bicyclic) bond motifs is 1. The minimum atomic E-state index is 0.669. The van der Waals surface area contributed by atoms with Crippen molar-refractivity contribution in [2.75, 3.05) is 0 Å². The fourth-order valence-electron chi connectivity index (χ4n) is 3.76. The Morgan fingerprint density at radius 2 is 1.46 bits per heavy atom. The van der Waals surface area contributed by atoms with Crippen LogP contribution in [-0.4, -0.2) is 4.40 Å². The van der Waals surface area contributed by atoms with E-state index in [1.807, 2.05) is 30.5 Å². The summed E-state index contributed by atoms with van der Waals surface area (Å²) in [7, 11) is 0. The molecule has 3 heteroatoms. The Balaban J connectivity index is 1.99. The zero-order chi connectivity index (χ0) is 18.9. The molecule has 5 rings (SSSR count). The fraction of sp³-hybridized carbons (Fsp3) is 0. The van der Waals surface area contributed by atoms with E-state index in [0.29, 0.717) is 5.56 Å². The van der Waals surface area contributed by atoms with Gasteiger partial charge in [-0.3, -0.25) is 0 Å². The molecule has 0 N–H and O–H groups in total. The quantitative estimate of drug-likeness (QED) is 0.337. The van der Waals surface area contributed by atoms with Gasteiger partial charge in [-0.15, -0.1) is 11.3 Å². The maximum atomic E-state index is 9.47. The second-order valence-corrected chi connectivity index (χ2v) is 7.54. The van der Waals surface area contributed by atoms with Gasteiger partial charge in [-0.2, -0.15) is 5.26 Å². The predicted molar refractivity (Wildman–Crippen MR) is 116 cm³/mol. The molecule has 0 radical (unpaired) electrons. The van der Waals surface area contributed by atoms with Gasteiger partial charge in [0.2, 0.25) is 0 Å². The van der Waals surface area contributed by atoms with Crippen molar-refractivity contribution in [1.29, 1.82) is 5.26 Å². The van der Waals surface area contributed by atoms with Crippen molar-refractivity contribution in [3.8, 4) is 38.9 Å². The monoisotopic (exact) mass is 376 g/mol. The summed E-state index contributed by atoms with van der Waals surface area (Å²) in [6, 6.07) is 31.4. The molecule has 0 bridgehead atoms. The third-order valence-corrected chi connectivity index (χ3v) is 5.83. The molecule has 5 aromatic rings. The lowest BCUT2D eigenvalue weighted by Gasteiger charge is -2.08. The summed E-state index contributed by atoms with van der Waals surface area (Å²) in [5, 5.41) is 11.6. The third-order valence-electron chi connectivity index (χ3n) is 4.95. The van der Waals surface area contributed by atoms with Gasteiger partial charge in [-0.1, -0.05) is 66.7 Å². The van der Waals surface area contributed by atoms with E-state index in [1.165, 1.54) is 21.6 Å². The molecule has 0 atom stereocenters. The number of hydrogen-bond donors (Lipinski definition) is 0. The summed E-state index contributed by atoms with van der Waals surface area (Å²) in [6.45, 7) is 0. The zero-order valence-electron chi connectivity index (χ0n) is 15.0. The number of hydrogen-bond acceptors (Lipinski definition) is 2. The number of nitriles is 1. The average Bonchev–Trinajstić information content (AvgIpc) is 3.40. The van der Waals surface area contributed by atoms with E-state index in [4.69, 9.17) is 0 Å². The van der Waals surface area contributed by atoms with E-state index >= 15 is 0 Å². The zero-order valence-corrected chi connectivity index (χ0v) is 15.9. The van der Waals surface area contributed by atoms with Crippen LogP contribution in [0.3, 0.4) is 0 Å². The van der Waals surface area contributed by atoms with Gasteiger partial charge < -0.3 is 4.40 Å². The Morgan fingerprint density at radius 1 is 0.750 bits per heavy atom. The van der Waals surface area contributed by atoms with Crippen LogP contribution in [0.2, 0.25) is 0 Å². The maximum absolute atomic E-state index is 9.47. The van der Waals surface area contributed by atoms with E-state index in [-0.39, 0.29) is 0 Å². The smallest absolute Gasteiger partial charge is 0.0992 e. The molecule has 3 heterocycles. The standard InChI is InChI=1S/C25H16N2S/c26-17-18-13-14-27-21(16-18)24(22-12-7-15-28-22)23(19-8-3-1-4-9-19)25(27)20-10-5-2-6-11-20/h1-16H. The minimum absolute atomic E-state index is 0.669. The first-order valence-corrected chi connectivity index (χ1v) is 9.97. The van der Waals surface area contributed by atoms with Crippen LogP contribution in [0.4, 0.5) is 0 Å². The predicted octanol–water partition coefficient (Wildman–Crippen LogP) is 6.87. The highest BCUT2D eigenvalue weighted by Gasteiger charge is 2.22. The summed E-state index contributed by atoms with van der Waals surface area (Å²) in [5.41, 5.74) is 7.58. The van der Waals surface area contributed by atoms with Gasteiger partial charge in [0, 0.05) is 22.2 Å². The summed E-state index contributed by atoms with van der Waals surface area (Å²) >= 11 is 1.73. The van der Waals surface area contributed by atoms with Crippen LogP contribution in [0.5, 0.6) is 0 Å². The van der Waals surface area contributed by atoms with Crippen molar-refractivity contribution in [3.05, 3.63) is 102 Å². The summed E-state index contributed by atoms with van der Waals surface area (Å²) < 4.78 is 2.22. The number of pyridine rings is 1. The van der Waals surface area contributed by atoms with Crippen molar-refractivity contribution in [1.82, 2.24) is 4.40 Å². The Hall–Kier alpha value is -3.61. The molecular formula is C25H16N2S. The van der Waals surface area contributed by atoms with Crippen LogP contribution in [0.15, 0.2) is 96.5 Å². The molecule has 2 aromatic carbocycles. The van der Waals surface area contributed by atoms with Crippen molar-refractivity contribution >= 4 is 16.9 Å². The number of nitrogens with zero attached hydrogens (tertiary/aromatic N) is 2. The molecular weight excluding hydrogens is 360 g/mol. The van der Waals surface area contributed by atoms with Gasteiger partial charge in [0.25, 0.3) is 0 Å². The summed E-state index contributed by atoms with van der Waals surface area (Å²) in [5.74, 6) is 0. The third kappa shape index (κ3) is 2.63. The number of rotatable bonds is 3. The van der Waals surface area contributed by atoms with Gasteiger partial charge in [-0.05, 0) is 34.7 Å². The van der Waals surface area contributed by atoms with E-state index in [2.05, 4.69) is 76.5 Å². The van der Waals surface area contributed by atoms with E-state index in [9.17, 15) is 5.26 Å². The fourth-order valence-corrected chi connectivity index (χ4v) is 4.55. The van der Waals surface area contributed by atoms with Crippen LogP contribution in [0, 0.1) is 11.3 Å². The minimum Gasteiger partial charge on any atom is -0.315 e. The molecule has 0 saturated carbocycles. The van der Waals surface area contributed by atoms with Crippen LogP contribution in [0.1, 0.15) is 5.56 Å². The first kappa shape index (κ1) is 16.6. The molecule has 0 aliphatic carbocycles. The SMILES string of the molecule is N#Cc1ccn2c(-c3ccccc3)c(-c3ccccc3)c(-c3cccs3)c2c1. The molecule has 0 aliphatic rings. The lowest BCUT2D eigenvalue weighted by Crippen LogP contribution is -1.90. The Morgan fingerprint density at radius 3 is 2.11 bits per heavy atom. The molecule has 0 spiro atoms. The van der Waals surface area contributed by atoms with Crippen LogP contribution < -0.4 is 0 Å². The summed E-state index contributed by atoms with van der Waals surface area (Å²) in [4.78, 5) is 1.20. The second-order valence-electron chi connectivity index (χ2n) is 6.59. The molecule has 0 aliphatic heterocycles. The van der Waals surface area contributed by atoms with Gasteiger partial charge >= 0.3 is 0 Å². The molecule has 0 unspecified atom stereocenters. The lowest BCUT2D eigenvalue weighted by molar-refractivity contribution is 1.20. The number of benzene rings is 2. The maximum Gasteiger partial charge on any atom is 0.0992 e. The molecule has 3 aromatic heterocycles. The normalized spacial score (nSPS) is 10.8. The van der Waals surface area contributed by atoms with Crippen molar-refractivity contribution < 1.29 is 0 Å². The van der Waals surface area contributed by atoms with Crippen LogP contribution in [-0.2, 0) is 0 Å². The van der Waals surface area contributed by atoms with Gasteiger partial charge in [0.15, 0.2) is 0 Å². The molecule has 0 amide bonds. The van der Waals surface area contributed by atoms with Gasteiger partial charge in [-0.25, -0.2) is 0 Å². The van der Waals surface area contributed by atoms with Crippen LogP contribution >= 0.6 is 11.3 Å². The first-order valence-electron chi connectivity index (χ1n) is 9.09. The molecule has 0 saturated heterocycles. The van der Waals surface area contributed by atoms with Crippen molar-refractivity contribution in [2.24, 2.45) is 0 Å². The van der Waals surface area contributed by atoms with Gasteiger partial charge in [0.05, 0.1) is 22.8 Å². The highest BCUT2D eigenvalue weighted by atomic mass is 32.1. The largest absolute Gasteiger partial charge is 0.315 e. The molecule has 132 valence electrons. The summed E-state index contributed by atoms with van der Waals surface area (Å²) in [6.07, 6.45) is 2.01. The van der Waals surface area contributed by atoms with Crippen LogP contribution in [0.25, 0.3) is 38.3 Å². The number of thiophene rings is 1. The topological polar surface area (TPSA) is 28.2 Å². The van der Waals surface area contributed by atoms with Crippen molar-refractivity contribution in [2.45, 2.75) is 0 Å². The van der Waals surface area contributed by atoms with E-state index < -0.39 is 0 Å². The Bertz CT molecular complexity index is 1290. The Kier molecular flexibility index (Phi) is 4.05. The van der Waals surface area contributed by atoms with Gasteiger partial charge in [0.1, 0.15) is 0 Å². The van der Waals surface area contributed by atoms with E-state index in [0.717, 1.165) is 16.8 Å². The second kappa shape index (κ2) is 6.84. The highest BCUT2D eigenvalue weighted by molar-refractivity contribution is 7.13. The molecule has 2 nitrogen and oxygen atoms in total. The Labute approximate surface area is 167 Å². The van der Waals surface area contributed by atoms with E-state index in [1.54, 1.807) is 11.3 Å². The average molecular weight is 376 g/mol. The highest BCUT2D eigenvalue weighted by Crippen LogP contribution is 2.46.